The summed E-state index contributed by atoms with van der Waals surface area (Å²) in [7, 11) is 0. The first-order valence-corrected chi connectivity index (χ1v) is 6.82. The van der Waals surface area contributed by atoms with Gasteiger partial charge in [-0.05, 0) is 17.7 Å². The van der Waals surface area contributed by atoms with Crippen molar-refractivity contribution in [2.75, 3.05) is 33.0 Å². The van der Waals surface area contributed by atoms with Gasteiger partial charge in [-0.3, -0.25) is 4.79 Å². The van der Waals surface area contributed by atoms with Crippen LogP contribution in [0.5, 0.6) is 11.5 Å². The minimum Gasteiger partial charge on any atom is -0.486 e. The summed E-state index contributed by atoms with van der Waals surface area (Å²) in [6.45, 7) is 2.00. The molecule has 2 aliphatic heterocycles. The summed E-state index contributed by atoms with van der Waals surface area (Å²) in [5.74, 6) is 0.0143. The van der Waals surface area contributed by atoms with E-state index < -0.39 is 12.0 Å². The van der Waals surface area contributed by atoms with Crippen LogP contribution in [0.2, 0.25) is 0 Å². The van der Waals surface area contributed by atoms with E-state index in [4.69, 9.17) is 18.9 Å². The van der Waals surface area contributed by atoms with E-state index in [-0.39, 0.29) is 12.4 Å². The molecule has 0 aliphatic carbocycles. The molecule has 2 heterocycles. The molecular weight excluding hydrogens is 274 g/mol. The predicted octanol–water partition coefficient (Wildman–Crippen LogP) is 1.05. The van der Waals surface area contributed by atoms with Gasteiger partial charge in [0.15, 0.2) is 17.3 Å². The minimum atomic E-state index is -0.896. The highest BCUT2D eigenvalue weighted by atomic mass is 16.6. The average Bonchev–Trinajstić information content (AvgIpc) is 2.56. The molecule has 21 heavy (non-hydrogen) atoms. The molecule has 0 amide bonds. The van der Waals surface area contributed by atoms with Crippen molar-refractivity contribution in [2.24, 2.45) is 0 Å². The standard InChI is InChI=1S/C15H15NO5/c16-8-11(15(17)14-9-18-3-4-21-14)10-1-2-12-13(7-10)20-6-5-19-12/h1-2,7,11,14H,3-6,9H2. The van der Waals surface area contributed by atoms with Crippen molar-refractivity contribution in [1.29, 1.82) is 5.26 Å². The number of benzene rings is 1. The molecule has 1 saturated heterocycles. The third kappa shape index (κ3) is 2.84. The molecular formula is C15H15NO5. The van der Waals surface area contributed by atoms with Gasteiger partial charge in [-0.2, -0.15) is 5.26 Å². The molecule has 2 aliphatic rings. The largest absolute Gasteiger partial charge is 0.486 e. The van der Waals surface area contributed by atoms with Crippen LogP contribution in [0.3, 0.4) is 0 Å². The number of nitriles is 1. The van der Waals surface area contributed by atoms with E-state index in [0.29, 0.717) is 43.5 Å². The lowest BCUT2D eigenvalue weighted by atomic mass is 9.92. The van der Waals surface area contributed by atoms with Crippen molar-refractivity contribution in [1.82, 2.24) is 0 Å². The number of ether oxygens (including phenoxy) is 4. The van der Waals surface area contributed by atoms with E-state index in [1.807, 2.05) is 6.07 Å². The highest BCUT2D eigenvalue weighted by molar-refractivity contribution is 5.92. The number of nitrogens with zero attached hydrogens (tertiary/aromatic N) is 1. The monoisotopic (exact) mass is 289 g/mol. The molecule has 1 fully saturated rings. The van der Waals surface area contributed by atoms with Gasteiger partial charge in [0, 0.05) is 0 Å². The fourth-order valence-corrected chi connectivity index (χ4v) is 2.38. The second-order valence-electron chi connectivity index (χ2n) is 4.80. The molecule has 0 N–H and O–H groups in total. The highest BCUT2D eigenvalue weighted by Gasteiger charge is 2.31. The lowest BCUT2D eigenvalue weighted by Crippen LogP contribution is -2.38. The zero-order chi connectivity index (χ0) is 14.7. The lowest BCUT2D eigenvalue weighted by Gasteiger charge is -2.24. The summed E-state index contributed by atoms with van der Waals surface area (Å²) >= 11 is 0. The number of fused-ring (bicyclic) bond motifs is 1. The van der Waals surface area contributed by atoms with Crippen LogP contribution in [-0.2, 0) is 14.3 Å². The Bertz CT molecular complexity index is 574. The van der Waals surface area contributed by atoms with Crippen LogP contribution in [-0.4, -0.2) is 44.9 Å². The van der Waals surface area contributed by atoms with Gasteiger partial charge < -0.3 is 18.9 Å². The van der Waals surface area contributed by atoms with Crippen molar-refractivity contribution in [3.05, 3.63) is 23.8 Å². The molecule has 1 aromatic rings. The Labute approximate surface area is 122 Å². The Hall–Kier alpha value is -2.10. The van der Waals surface area contributed by atoms with Gasteiger partial charge in [0.05, 0.1) is 25.9 Å². The van der Waals surface area contributed by atoms with Gasteiger partial charge in [-0.1, -0.05) is 6.07 Å². The van der Waals surface area contributed by atoms with Crippen LogP contribution in [0.1, 0.15) is 11.5 Å². The molecule has 2 unspecified atom stereocenters. The van der Waals surface area contributed by atoms with E-state index in [0.717, 1.165) is 0 Å². The number of Topliss-reactive ketones (excluding diaryl/α,β-unsaturated/α-hetero) is 1. The highest BCUT2D eigenvalue weighted by Crippen LogP contribution is 2.33. The zero-order valence-corrected chi connectivity index (χ0v) is 11.4. The van der Waals surface area contributed by atoms with Crippen LogP contribution in [0.4, 0.5) is 0 Å². The Morgan fingerprint density at radius 3 is 2.71 bits per heavy atom. The Kier molecular flexibility index (Phi) is 4.04. The summed E-state index contributed by atoms with van der Waals surface area (Å²) < 4.78 is 21.5. The smallest absolute Gasteiger partial charge is 0.185 e. The fourth-order valence-electron chi connectivity index (χ4n) is 2.38. The molecule has 110 valence electrons. The first-order chi connectivity index (χ1) is 10.3. The summed E-state index contributed by atoms with van der Waals surface area (Å²) in [6.07, 6.45) is -0.684. The Balaban J connectivity index is 1.82. The maximum absolute atomic E-state index is 12.4. The molecule has 0 bridgehead atoms. The molecule has 3 rings (SSSR count). The SMILES string of the molecule is N#CC(C(=O)C1COCCO1)c1ccc2c(c1)OCCO2. The van der Waals surface area contributed by atoms with Crippen molar-refractivity contribution in [2.45, 2.75) is 12.0 Å². The molecule has 0 spiro atoms. The van der Waals surface area contributed by atoms with Crippen LogP contribution < -0.4 is 9.47 Å². The van der Waals surface area contributed by atoms with Crippen LogP contribution in [0, 0.1) is 11.3 Å². The third-order valence-electron chi connectivity index (χ3n) is 3.45. The Morgan fingerprint density at radius 2 is 2.00 bits per heavy atom. The number of hydrogen-bond acceptors (Lipinski definition) is 6. The Morgan fingerprint density at radius 1 is 1.19 bits per heavy atom. The summed E-state index contributed by atoms with van der Waals surface area (Å²) in [4.78, 5) is 12.4. The molecule has 2 atom stereocenters. The second kappa shape index (κ2) is 6.12. The third-order valence-corrected chi connectivity index (χ3v) is 3.45. The molecule has 0 saturated carbocycles. The topological polar surface area (TPSA) is 77.8 Å². The normalized spacial score (nSPS) is 22.1. The van der Waals surface area contributed by atoms with Crippen molar-refractivity contribution >= 4 is 5.78 Å². The summed E-state index contributed by atoms with van der Waals surface area (Å²) in [5.41, 5.74) is 0.584. The quantitative estimate of drug-likeness (QED) is 0.827. The van der Waals surface area contributed by atoms with Gasteiger partial charge in [-0.25, -0.2) is 0 Å². The number of hydrogen-bond donors (Lipinski definition) is 0. The number of carbonyl (C=O) groups excluding carboxylic acids is 1. The van der Waals surface area contributed by atoms with Gasteiger partial charge in [-0.15, -0.1) is 0 Å². The van der Waals surface area contributed by atoms with E-state index in [2.05, 4.69) is 0 Å². The molecule has 6 heteroatoms. The second-order valence-corrected chi connectivity index (χ2v) is 4.80. The molecule has 1 aromatic carbocycles. The van der Waals surface area contributed by atoms with Crippen LogP contribution in [0.25, 0.3) is 0 Å². The van der Waals surface area contributed by atoms with E-state index in [1.54, 1.807) is 18.2 Å². The maximum atomic E-state index is 12.4. The zero-order valence-electron chi connectivity index (χ0n) is 11.4. The maximum Gasteiger partial charge on any atom is 0.185 e. The predicted molar refractivity (Wildman–Crippen MR) is 71.4 cm³/mol. The average molecular weight is 289 g/mol. The van der Waals surface area contributed by atoms with Gasteiger partial charge in [0.2, 0.25) is 0 Å². The molecule has 0 radical (unpaired) electrons. The summed E-state index contributed by atoms with van der Waals surface area (Å²) in [5, 5.41) is 9.35. The van der Waals surface area contributed by atoms with Gasteiger partial charge >= 0.3 is 0 Å². The molecule has 0 aromatic heterocycles. The van der Waals surface area contributed by atoms with Gasteiger partial charge in [0.1, 0.15) is 25.2 Å². The fraction of sp³-hybridized carbons (Fsp3) is 0.467. The van der Waals surface area contributed by atoms with E-state index in [1.165, 1.54) is 0 Å². The number of ketones is 1. The van der Waals surface area contributed by atoms with Crippen LogP contribution >= 0.6 is 0 Å². The van der Waals surface area contributed by atoms with Gasteiger partial charge in [0.25, 0.3) is 0 Å². The first kappa shape index (κ1) is 13.9. The first-order valence-electron chi connectivity index (χ1n) is 6.82. The summed E-state index contributed by atoms with van der Waals surface area (Å²) in [6, 6.07) is 7.16. The molecule has 6 nitrogen and oxygen atoms in total. The number of carbonyl (C=O) groups is 1. The van der Waals surface area contributed by atoms with Crippen molar-refractivity contribution in [3.8, 4) is 17.6 Å². The lowest BCUT2D eigenvalue weighted by molar-refractivity contribution is -0.145. The van der Waals surface area contributed by atoms with Crippen molar-refractivity contribution < 1.29 is 23.7 Å². The number of rotatable bonds is 3. The van der Waals surface area contributed by atoms with E-state index in [9.17, 15) is 10.1 Å². The minimum absolute atomic E-state index is 0.196. The van der Waals surface area contributed by atoms with Crippen molar-refractivity contribution in [3.63, 3.8) is 0 Å². The van der Waals surface area contributed by atoms with Crippen LogP contribution in [0.15, 0.2) is 18.2 Å². The van der Waals surface area contributed by atoms with E-state index >= 15 is 0 Å².